The molecule has 0 aromatic heterocycles. The molecule has 0 unspecified atom stereocenters. The van der Waals surface area contributed by atoms with E-state index in [0.717, 1.165) is 5.56 Å². The van der Waals surface area contributed by atoms with Crippen LogP contribution in [0.3, 0.4) is 0 Å². The number of nitrogens with two attached hydrogens (primary N) is 2. The molecule has 2 rings (SSSR count). The molecule has 0 bridgehead atoms. The fourth-order valence-electron chi connectivity index (χ4n) is 2.12. The highest BCUT2D eigenvalue weighted by molar-refractivity contribution is 6.01. The molecule has 4 heteroatoms. The molecule has 4 N–H and O–H groups in total. The number of hydrogen-bond donors (Lipinski definition) is 2. The summed E-state index contributed by atoms with van der Waals surface area (Å²) >= 11 is 0. The molecule has 0 saturated heterocycles. The van der Waals surface area contributed by atoms with Gasteiger partial charge in [0.1, 0.15) is 0 Å². The van der Waals surface area contributed by atoms with Gasteiger partial charge in [0, 0.05) is 13.6 Å². The van der Waals surface area contributed by atoms with E-state index in [1.165, 1.54) is 0 Å². The Bertz CT molecular complexity index is 581. The lowest BCUT2D eigenvalue weighted by molar-refractivity contribution is 0.100. The van der Waals surface area contributed by atoms with Gasteiger partial charge in [-0.25, -0.2) is 0 Å². The van der Waals surface area contributed by atoms with Gasteiger partial charge < -0.3 is 16.4 Å². The molecule has 0 aliphatic carbocycles. The van der Waals surface area contributed by atoms with E-state index in [1.54, 1.807) is 18.2 Å². The third-order valence-corrected chi connectivity index (χ3v) is 2.98. The maximum absolute atomic E-state index is 11.5. The predicted octanol–water partition coefficient (Wildman–Crippen LogP) is 2.00. The zero-order valence-electron chi connectivity index (χ0n) is 10.8. The highest BCUT2D eigenvalue weighted by atomic mass is 16.1. The molecule has 0 heterocycles. The summed E-state index contributed by atoms with van der Waals surface area (Å²) in [6.45, 7) is 0.662. The van der Waals surface area contributed by atoms with Crippen LogP contribution in [0.2, 0.25) is 0 Å². The van der Waals surface area contributed by atoms with Crippen LogP contribution < -0.4 is 16.4 Å². The van der Waals surface area contributed by atoms with E-state index in [-0.39, 0.29) is 0 Å². The van der Waals surface area contributed by atoms with Crippen LogP contribution in [0.4, 0.5) is 11.4 Å². The molecule has 0 radical (unpaired) electrons. The second kappa shape index (κ2) is 5.44. The van der Waals surface area contributed by atoms with Crippen LogP contribution in [0.5, 0.6) is 0 Å². The van der Waals surface area contributed by atoms with Crippen molar-refractivity contribution in [2.24, 2.45) is 5.73 Å². The largest absolute Gasteiger partial charge is 0.397 e. The van der Waals surface area contributed by atoms with Crippen molar-refractivity contribution in [1.82, 2.24) is 0 Å². The number of carbonyl (C=O) groups is 1. The molecular weight excluding hydrogens is 238 g/mol. The SMILES string of the molecule is CN(Cc1ccccc1)c1c(N)cccc1C(N)=O. The molecule has 2 aromatic carbocycles. The zero-order valence-corrected chi connectivity index (χ0v) is 10.8. The molecule has 98 valence electrons. The molecule has 4 nitrogen and oxygen atoms in total. The number of hydrogen-bond acceptors (Lipinski definition) is 3. The Morgan fingerprint density at radius 2 is 1.79 bits per heavy atom. The summed E-state index contributed by atoms with van der Waals surface area (Å²) in [6, 6.07) is 15.2. The molecular formula is C15H17N3O. The van der Waals surface area contributed by atoms with Gasteiger partial charge in [-0.15, -0.1) is 0 Å². The van der Waals surface area contributed by atoms with Gasteiger partial charge in [0.25, 0.3) is 5.91 Å². The summed E-state index contributed by atoms with van der Waals surface area (Å²) in [5.74, 6) is -0.470. The lowest BCUT2D eigenvalue weighted by Crippen LogP contribution is -2.23. The van der Waals surface area contributed by atoms with Gasteiger partial charge in [-0.2, -0.15) is 0 Å². The Balaban J connectivity index is 2.33. The van der Waals surface area contributed by atoms with E-state index in [1.807, 2.05) is 42.3 Å². The first-order chi connectivity index (χ1) is 9.09. The monoisotopic (exact) mass is 255 g/mol. The van der Waals surface area contributed by atoms with E-state index in [4.69, 9.17) is 11.5 Å². The highest BCUT2D eigenvalue weighted by Crippen LogP contribution is 2.27. The van der Waals surface area contributed by atoms with E-state index < -0.39 is 5.91 Å². The number of benzene rings is 2. The van der Waals surface area contributed by atoms with E-state index in [0.29, 0.717) is 23.5 Å². The number of para-hydroxylation sites is 1. The first-order valence-corrected chi connectivity index (χ1v) is 6.03. The summed E-state index contributed by atoms with van der Waals surface area (Å²) in [4.78, 5) is 13.4. The van der Waals surface area contributed by atoms with E-state index in [2.05, 4.69) is 0 Å². The van der Waals surface area contributed by atoms with Crippen LogP contribution in [-0.2, 0) is 6.54 Å². The normalized spacial score (nSPS) is 10.2. The number of carbonyl (C=O) groups excluding carboxylic acids is 1. The standard InChI is InChI=1S/C15H17N3O/c1-18(10-11-6-3-2-4-7-11)14-12(15(17)19)8-5-9-13(14)16/h2-9H,10,16H2,1H3,(H2,17,19). The fraction of sp³-hybridized carbons (Fsp3) is 0.133. The number of rotatable bonds is 4. The minimum atomic E-state index is -0.470. The van der Waals surface area contributed by atoms with E-state index >= 15 is 0 Å². The lowest BCUT2D eigenvalue weighted by atomic mass is 10.1. The Morgan fingerprint density at radius 1 is 1.11 bits per heavy atom. The van der Waals surface area contributed by atoms with Gasteiger partial charge in [0.05, 0.1) is 16.9 Å². The maximum Gasteiger partial charge on any atom is 0.250 e. The van der Waals surface area contributed by atoms with E-state index in [9.17, 15) is 4.79 Å². The Kier molecular flexibility index (Phi) is 3.71. The molecule has 1 amide bonds. The van der Waals surface area contributed by atoms with Crippen LogP contribution in [0.1, 0.15) is 15.9 Å². The van der Waals surface area contributed by atoms with Crippen LogP contribution in [0.25, 0.3) is 0 Å². The predicted molar refractivity (Wildman–Crippen MR) is 77.9 cm³/mol. The van der Waals surface area contributed by atoms with Gasteiger partial charge in [-0.3, -0.25) is 4.79 Å². The first kappa shape index (κ1) is 13.0. The second-order valence-corrected chi connectivity index (χ2v) is 4.45. The highest BCUT2D eigenvalue weighted by Gasteiger charge is 2.14. The van der Waals surface area contributed by atoms with Crippen LogP contribution >= 0.6 is 0 Å². The number of primary amides is 1. The molecule has 0 fully saturated rings. The van der Waals surface area contributed by atoms with Crippen molar-refractivity contribution in [1.29, 1.82) is 0 Å². The van der Waals surface area contributed by atoms with Gasteiger partial charge >= 0.3 is 0 Å². The zero-order chi connectivity index (χ0) is 13.8. The number of amides is 1. The van der Waals surface area contributed by atoms with Crippen molar-refractivity contribution in [2.45, 2.75) is 6.54 Å². The summed E-state index contributed by atoms with van der Waals surface area (Å²) in [7, 11) is 1.89. The molecule has 0 aliphatic heterocycles. The number of nitrogen functional groups attached to an aromatic ring is 1. The molecule has 0 aliphatic rings. The van der Waals surface area contributed by atoms with Crippen molar-refractivity contribution in [2.75, 3.05) is 17.7 Å². The second-order valence-electron chi connectivity index (χ2n) is 4.45. The number of anilines is 2. The smallest absolute Gasteiger partial charge is 0.250 e. The Hall–Kier alpha value is -2.49. The molecule has 0 spiro atoms. The van der Waals surface area contributed by atoms with Crippen molar-refractivity contribution in [3.63, 3.8) is 0 Å². The number of nitrogens with zero attached hydrogens (tertiary/aromatic N) is 1. The fourth-order valence-corrected chi connectivity index (χ4v) is 2.12. The van der Waals surface area contributed by atoms with Crippen molar-refractivity contribution in [3.05, 3.63) is 59.7 Å². The summed E-state index contributed by atoms with van der Waals surface area (Å²) < 4.78 is 0. The third kappa shape index (κ3) is 2.85. The van der Waals surface area contributed by atoms with Crippen LogP contribution in [0.15, 0.2) is 48.5 Å². The quantitative estimate of drug-likeness (QED) is 0.821. The van der Waals surface area contributed by atoms with Crippen molar-refractivity contribution in [3.8, 4) is 0 Å². The first-order valence-electron chi connectivity index (χ1n) is 6.03. The minimum Gasteiger partial charge on any atom is -0.397 e. The third-order valence-electron chi connectivity index (χ3n) is 2.98. The van der Waals surface area contributed by atoms with Gasteiger partial charge in [0.2, 0.25) is 0 Å². The molecule has 19 heavy (non-hydrogen) atoms. The van der Waals surface area contributed by atoms with Crippen molar-refractivity contribution < 1.29 is 4.79 Å². The van der Waals surface area contributed by atoms with Crippen molar-refractivity contribution >= 4 is 17.3 Å². The molecule has 2 aromatic rings. The average molecular weight is 255 g/mol. The molecule has 0 saturated carbocycles. The summed E-state index contributed by atoms with van der Waals surface area (Å²) in [6.07, 6.45) is 0. The summed E-state index contributed by atoms with van der Waals surface area (Å²) in [5, 5.41) is 0. The average Bonchev–Trinajstić information content (AvgIpc) is 2.39. The Labute approximate surface area is 112 Å². The van der Waals surface area contributed by atoms with Crippen LogP contribution in [-0.4, -0.2) is 13.0 Å². The summed E-state index contributed by atoms with van der Waals surface area (Å²) in [5.41, 5.74) is 14.2. The molecule has 0 atom stereocenters. The lowest BCUT2D eigenvalue weighted by Gasteiger charge is -2.23. The van der Waals surface area contributed by atoms with Gasteiger partial charge in [-0.1, -0.05) is 36.4 Å². The van der Waals surface area contributed by atoms with Crippen LogP contribution in [0, 0.1) is 0 Å². The van der Waals surface area contributed by atoms with Gasteiger partial charge in [0.15, 0.2) is 0 Å². The minimum absolute atomic E-state index is 0.443. The maximum atomic E-state index is 11.5. The van der Waals surface area contributed by atoms with Gasteiger partial charge in [-0.05, 0) is 17.7 Å². The Morgan fingerprint density at radius 3 is 2.42 bits per heavy atom. The topological polar surface area (TPSA) is 72.3 Å².